The van der Waals surface area contributed by atoms with Gasteiger partial charge in [-0.2, -0.15) is 0 Å². The van der Waals surface area contributed by atoms with Crippen LogP contribution in [0.15, 0.2) is 41.6 Å². The van der Waals surface area contributed by atoms with Crippen LogP contribution >= 0.6 is 46.6 Å². The fourth-order valence-electron chi connectivity index (χ4n) is 2.67. The fourth-order valence-corrected chi connectivity index (χ4v) is 4.40. The van der Waals surface area contributed by atoms with Crippen LogP contribution < -0.4 is 10.1 Å². The van der Waals surface area contributed by atoms with Gasteiger partial charge in [0.2, 0.25) is 5.91 Å². The molecule has 0 spiro atoms. The molecule has 0 aliphatic heterocycles. The van der Waals surface area contributed by atoms with Crippen molar-refractivity contribution in [2.45, 2.75) is 32.2 Å². The first-order valence-corrected chi connectivity index (χ1v) is 11.2. The lowest BCUT2D eigenvalue weighted by Gasteiger charge is -2.11. The van der Waals surface area contributed by atoms with Crippen molar-refractivity contribution in [1.82, 2.24) is 14.8 Å². The maximum absolute atomic E-state index is 12.4. The van der Waals surface area contributed by atoms with Gasteiger partial charge in [0.05, 0.1) is 21.5 Å². The summed E-state index contributed by atoms with van der Waals surface area (Å²) in [6, 6.07) is 10.8. The quantitative estimate of drug-likeness (QED) is 0.404. The number of halogens is 3. The number of nitrogens with one attached hydrogen (secondary N) is 1. The van der Waals surface area contributed by atoms with E-state index >= 15 is 0 Å². The highest BCUT2D eigenvalue weighted by atomic mass is 35.5. The molecule has 1 heterocycles. The molecule has 0 aliphatic carbocycles. The van der Waals surface area contributed by atoms with Crippen LogP contribution in [0.25, 0.3) is 0 Å². The van der Waals surface area contributed by atoms with Gasteiger partial charge in [-0.1, -0.05) is 58.7 Å². The minimum Gasteiger partial charge on any atom is -0.486 e. The smallest absolute Gasteiger partial charge is 0.234 e. The third kappa shape index (κ3) is 5.82. The van der Waals surface area contributed by atoms with Crippen molar-refractivity contribution >= 4 is 58.2 Å². The van der Waals surface area contributed by atoms with Gasteiger partial charge in [0.15, 0.2) is 11.0 Å². The Kier molecular flexibility index (Phi) is 7.88. The third-order valence-electron chi connectivity index (χ3n) is 4.07. The number of anilines is 1. The summed E-state index contributed by atoms with van der Waals surface area (Å²) in [4.78, 5) is 12.4. The van der Waals surface area contributed by atoms with E-state index in [0.29, 0.717) is 28.2 Å². The van der Waals surface area contributed by atoms with E-state index in [1.807, 2.05) is 42.7 Å². The van der Waals surface area contributed by atoms with Gasteiger partial charge in [-0.05, 0) is 43.7 Å². The van der Waals surface area contributed by atoms with E-state index in [4.69, 9.17) is 39.5 Å². The number of carbonyl (C=O) groups is 1. The standard InChI is InChI=1S/C20H19Cl3N4O2S/c1-3-27-17(10-29-14-6-4-5-12(2)7-14)25-26-20(27)30-11-18(28)24-19-15(22)8-13(21)9-16(19)23/h4-9H,3,10-11H2,1-2H3,(H,24,28). The maximum atomic E-state index is 12.4. The molecule has 1 aromatic heterocycles. The molecule has 0 atom stereocenters. The Balaban J connectivity index is 1.61. The van der Waals surface area contributed by atoms with Crippen LogP contribution in [0.5, 0.6) is 5.75 Å². The van der Waals surface area contributed by atoms with Crippen LogP contribution in [0.2, 0.25) is 15.1 Å². The van der Waals surface area contributed by atoms with Gasteiger partial charge in [-0.25, -0.2) is 0 Å². The van der Waals surface area contributed by atoms with Crippen molar-refractivity contribution in [2.24, 2.45) is 0 Å². The van der Waals surface area contributed by atoms with E-state index in [1.54, 1.807) is 0 Å². The molecule has 0 saturated heterocycles. The Labute approximate surface area is 193 Å². The summed E-state index contributed by atoms with van der Waals surface area (Å²) in [5, 5.41) is 12.7. The number of benzene rings is 2. The maximum Gasteiger partial charge on any atom is 0.234 e. The highest BCUT2D eigenvalue weighted by molar-refractivity contribution is 7.99. The van der Waals surface area contributed by atoms with Gasteiger partial charge in [0.25, 0.3) is 0 Å². The molecule has 10 heteroatoms. The highest BCUT2D eigenvalue weighted by Gasteiger charge is 2.16. The lowest BCUT2D eigenvalue weighted by molar-refractivity contribution is -0.113. The Hall–Kier alpha value is -1.93. The van der Waals surface area contributed by atoms with E-state index in [-0.39, 0.29) is 28.3 Å². The molecule has 3 rings (SSSR count). The van der Waals surface area contributed by atoms with Crippen molar-refractivity contribution in [3.05, 3.63) is 62.9 Å². The molecule has 0 aliphatic rings. The second-order valence-corrected chi connectivity index (χ2v) is 8.52. The summed E-state index contributed by atoms with van der Waals surface area (Å²) < 4.78 is 7.73. The molecular formula is C20H19Cl3N4O2S. The average molecular weight is 486 g/mol. The van der Waals surface area contributed by atoms with Gasteiger partial charge >= 0.3 is 0 Å². The number of amides is 1. The molecule has 0 saturated carbocycles. The molecule has 1 amide bonds. The number of carbonyl (C=O) groups excluding carboxylic acids is 1. The number of hydrogen-bond acceptors (Lipinski definition) is 5. The Morgan fingerprint density at radius 2 is 1.90 bits per heavy atom. The van der Waals surface area contributed by atoms with Crippen LogP contribution in [-0.2, 0) is 17.9 Å². The number of hydrogen-bond donors (Lipinski definition) is 1. The number of rotatable bonds is 8. The molecule has 30 heavy (non-hydrogen) atoms. The summed E-state index contributed by atoms with van der Waals surface area (Å²) in [6.45, 7) is 4.92. The molecule has 158 valence electrons. The number of aryl methyl sites for hydroxylation is 1. The van der Waals surface area contributed by atoms with Crippen LogP contribution in [0.1, 0.15) is 18.3 Å². The van der Waals surface area contributed by atoms with E-state index in [1.165, 1.54) is 23.9 Å². The van der Waals surface area contributed by atoms with Crippen molar-refractivity contribution in [1.29, 1.82) is 0 Å². The van der Waals surface area contributed by atoms with Crippen LogP contribution in [-0.4, -0.2) is 26.4 Å². The predicted molar refractivity (Wildman–Crippen MR) is 122 cm³/mol. The van der Waals surface area contributed by atoms with Crippen molar-refractivity contribution in [3.8, 4) is 5.75 Å². The predicted octanol–water partition coefficient (Wildman–Crippen LogP) is 5.88. The zero-order valence-corrected chi connectivity index (χ0v) is 19.4. The summed E-state index contributed by atoms with van der Waals surface area (Å²) in [5.41, 5.74) is 1.45. The summed E-state index contributed by atoms with van der Waals surface area (Å²) in [5.74, 6) is 1.30. The molecule has 0 bridgehead atoms. The molecule has 0 unspecified atom stereocenters. The van der Waals surface area contributed by atoms with E-state index in [9.17, 15) is 4.79 Å². The normalized spacial score (nSPS) is 10.8. The molecule has 3 aromatic rings. The van der Waals surface area contributed by atoms with Gasteiger partial charge in [-0.15, -0.1) is 10.2 Å². The summed E-state index contributed by atoms with van der Waals surface area (Å²) in [6.07, 6.45) is 0. The average Bonchev–Trinajstić information content (AvgIpc) is 3.09. The van der Waals surface area contributed by atoms with Crippen molar-refractivity contribution in [2.75, 3.05) is 11.1 Å². The summed E-state index contributed by atoms with van der Waals surface area (Å²) in [7, 11) is 0. The molecule has 6 nitrogen and oxygen atoms in total. The van der Waals surface area contributed by atoms with E-state index in [2.05, 4.69) is 15.5 Å². The van der Waals surface area contributed by atoms with Crippen LogP contribution in [0.4, 0.5) is 5.69 Å². The highest BCUT2D eigenvalue weighted by Crippen LogP contribution is 2.33. The first-order valence-electron chi connectivity index (χ1n) is 9.06. The minimum atomic E-state index is -0.269. The summed E-state index contributed by atoms with van der Waals surface area (Å²) >= 11 is 19.4. The first-order chi connectivity index (χ1) is 14.4. The number of thioether (sulfide) groups is 1. The number of aromatic nitrogens is 3. The minimum absolute atomic E-state index is 0.117. The van der Waals surface area contributed by atoms with E-state index in [0.717, 1.165) is 11.3 Å². The zero-order valence-electron chi connectivity index (χ0n) is 16.3. The second kappa shape index (κ2) is 10.4. The largest absolute Gasteiger partial charge is 0.486 e. The topological polar surface area (TPSA) is 69.0 Å². The Morgan fingerprint density at radius 3 is 2.57 bits per heavy atom. The molecule has 0 radical (unpaired) electrons. The van der Waals surface area contributed by atoms with Gasteiger partial charge in [0, 0.05) is 11.6 Å². The van der Waals surface area contributed by atoms with Gasteiger partial charge in [0.1, 0.15) is 12.4 Å². The third-order valence-corrected chi connectivity index (χ3v) is 5.85. The first kappa shape index (κ1) is 22.7. The Morgan fingerprint density at radius 1 is 1.17 bits per heavy atom. The lowest BCUT2D eigenvalue weighted by atomic mass is 10.2. The van der Waals surface area contributed by atoms with Crippen molar-refractivity contribution < 1.29 is 9.53 Å². The molecule has 1 N–H and O–H groups in total. The molecule has 2 aromatic carbocycles. The SMILES string of the molecule is CCn1c(COc2cccc(C)c2)nnc1SCC(=O)Nc1c(Cl)cc(Cl)cc1Cl. The fraction of sp³-hybridized carbons (Fsp3) is 0.250. The van der Waals surface area contributed by atoms with Crippen LogP contribution in [0.3, 0.4) is 0 Å². The lowest BCUT2D eigenvalue weighted by Crippen LogP contribution is -2.15. The number of nitrogens with zero attached hydrogens (tertiary/aromatic N) is 3. The van der Waals surface area contributed by atoms with Crippen molar-refractivity contribution in [3.63, 3.8) is 0 Å². The van der Waals surface area contributed by atoms with E-state index < -0.39 is 0 Å². The molecule has 0 fully saturated rings. The van der Waals surface area contributed by atoms with Gasteiger partial charge in [-0.3, -0.25) is 4.79 Å². The monoisotopic (exact) mass is 484 g/mol. The Bertz CT molecular complexity index is 1040. The number of ether oxygens (including phenoxy) is 1. The van der Waals surface area contributed by atoms with Gasteiger partial charge < -0.3 is 14.6 Å². The second-order valence-electron chi connectivity index (χ2n) is 6.33. The molecular weight excluding hydrogens is 467 g/mol. The van der Waals surface area contributed by atoms with Crippen LogP contribution in [0, 0.1) is 6.92 Å². The zero-order chi connectivity index (χ0) is 21.7.